The van der Waals surface area contributed by atoms with Crippen LogP contribution in [0.1, 0.15) is 51.9 Å². The molecule has 0 aliphatic heterocycles. The summed E-state index contributed by atoms with van der Waals surface area (Å²) in [6.07, 6.45) is 9.81. The maximum absolute atomic E-state index is 3.83. The van der Waals surface area contributed by atoms with Crippen LogP contribution in [0.3, 0.4) is 0 Å². The molecule has 2 unspecified atom stereocenters. The van der Waals surface area contributed by atoms with Gasteiger partial charge in [0.15, 0.2) is 0 Å². The number of hydrogen-bond acceptors (Lipinski definition) is 2. The van der Waals surface area contributed by atoms with Gasteiger partial charge in [-0.05, 0) is 52.1 Å². The van der Waals surface area contributed by atoms with Crippen LogP contribution in [0, 0.1) is 5.92 Å². The SMILES string of the molecule is CC1CCC(NCC2(N(C)C)CCCC2)C1. The summed E-state index contributed by atoms with van der Waals surface area (Å²) < 4.78 is 0. The van der Waals surface area contributed by atoms with Gasteiger partial charge in [-0.15, -0.1) is 0 Å². The Balaban J connectivity index is 1.83. The first kappa shape index (κ1) is 12.4. The van der Waals surface area contributed by atoms with Crippen LogP contribution in [0.25, 0.3) is 0 Å². The highest BCUT2D eigenvalue weighted by atomic mass is 15.2. The zero-order valence-electron chi connectivity index (χ0n) is 11.3. The lowest BCUT2D eigenvalue weighted by molar-refractivity contribution is 0.149. The first-order valence-electron chi connectivity index (χ1n) is 7.03. The fourth-order valence-electron chi connectivity index (χ4n) is 3.54. The van der Waals surface area contributed by atoms with E-state index in [1.165, 1.54) is 51.5 Å². The molecule has 2 atom stereocenters. The molecule has 2 fully saturated rings. The molecule has 0 saturated heterocycles. The summed E-state index contributed by atoms with van der Waals surface area (Å²) >= 11 is 0. The molecule has 0 aromatic rings. The van der Waals surface area contributed by atoms with E-state index >= 15 is 0 Å². The summed E-state index contributed by atoms with van der Waals surface area (Å²) in [5.74, 6) is 0.941. The minimum absolute atomic E-state index is 0.464. The van der Waals surface area contributed by atoms with E-state index in [1.54, 1.807) is 0 Å². The van der Waals surface area contributed by atoms with Crippen molar-refractivity contribution in [2.45, 2.75) is 63.5 Å². The van der Waals surface area contributed by atoms with Crippen molar-refractivity contribution in [3.8, 4) is 0 Å². The zero-order chi connectivity index (χ0) is 11.6. The van der Waals surface area contributed by atoms with Crippen LogP contribution in [-0.4, -0.2) is 37.1 Å². The molecule has 2 nitrogen and oxygen atoms in total. The minimum atomic E-state index is 0.464. The van der Waals surface area contributed by atoms with Crippen LogP contribution in [0.15, 0.2) is 0 Å². The average molecular weight is 224 g/mol. The summed E-state index contributed by atoms with van der Waals surface area (Å²) in [4.78, 5) is 2.46. The van der Waals surface area contributed by atoms with Gasteiger partial charge in [0.25, 0.3) is 0 Å². The largest absolute Gasteiger partial charge is 0.312 e. The van der Waals surface area contributed by atoms with E-state index in [0.29, 0.717) is 5.54 Å². The van der Waals surface area contributed by atoms with E-state index in [1.807, 2.05) is 0 Å². The molecule has 2 aliphatic carbocycles. The van der Waals surface area contributed by atoms with Crippen molar-refractivity contribution in [1.82, 2.24) is 10.2 Å². The lowest BCUT2D eigenvalue weighted by atomic mass is 9.95. The van der Waals surface area contributed by atoms with Gasteiger partial charge >= 0.3 is 0 Å². The van der Waals surface area contributed by atoms with Crippen LogP contribution >= 0.6 is 0 Å². The molecule has 1 N–H and O–H groups in total. The van der Waals surface area contributed by atoms with E-state index in [4.69, 9.17) is 0 Å². The van der Waals surface area contributed by atoms with Crippen LogP contribution in [0.4, 0.5) is 0 Å². The van der Waals surface area contributed by atoms with Gasteiger partial charge in [0.05, 0.1) is 0 Å². The highest BCUT2D eigenvalue weighted by molar-refractivity contribution is 4.95. The maximum atomic E-state index is 3.83. The lowest BCUT2D eigenvalue weighted by Gasteiger charge is -2.37. The van der Waals surface area contributed by atoms with Crippen molar-refractivity contribution in [1.29, 1.82) is 0 Å². The molecular weight excluding hydrogens is 196 g/mol. The number of rotatable bonds is 4. The van der Waals surface area contributed by atoms with E-state index in [-0.39, 0.29) is 0 Å². The molecule has 0 aromatic carbocycles. The number of hydrogen-bond donors (Lipinski definition) is 1. The predicted octanol–water partition coefficient (Wildman–Crippen LogP) is 2.64. The Kier molecular flexibility index (Phi) is 3.91. The molecule has 0 radical (unpaired) electrons. The second kappa shape index (κ2) is 5.05. The van der Waals surface area contributed by atoms with Gasteiger partial charge < -0.3 is 10.2 Å². The predicted molar refractivity (Wildman–Crippen MR) is 69.7 cm³/mol. The average Bonchev–Trinajstić information content (AvgIpc) is 2.84. The second-order valence-corrected chi connectivity index (χ2v) is 6.32. The van der Waals surface area contributed by atoms with Crippen molar-refractivity contribution in [2.75, 3.05) is 20.6 Å². The Morgan fingerprint density at radius 1 is 1.19 bits per heavy atom. The zero-order valence-corrected chi connectivity index (χ0v) is 11.3. The highest BCUT2D eigenvalue weighted by Gasteiger charge is 2.36. The minimum Gasteiger partial charge on any atom is -0.312 e. The topological polar surface area (TPSA) is 15.3 Å². The molecule has 16 heavy (non-hydrogen) atoms. The van der Waals surface area contributed by atoms with E-state index in [0.717, 1.165) is 12.0 Å². The third kappa shape index (κ3) is 2.60. The van der Waals surface area contributed by atoms with E-state index in [2.05, 4.69) is 31.2 Å². The Morgan fingerprint density at radius 2 is 1.88 bits per heavy atom. The van der Waals surface area contributed by atoms with Gasteiger partial charge in [-0.25, -0.2) is 0 Å². The quantitative estimate of drug-likeness (QED) is 0.790. The first-order chi connectivity index (χ1) is 7.62. The normalized spacial score (nSPS) is 33.8. The van der Waals surface area contributed by atoms with Gasteiger partial charge in [-0.1, -0.05) is 19.8 Å². The summed E-state index contributed by atoms with van der Waals surface area (Å²) in [7, 11) is 4.51. The third-order valence-electron chi connectivity index (χ3n) is 4.90. The Hall–Kier alpha value is -0.0800. The van der Waals surface area contributed by atoms with Gasteiger partial charge in [-0.2, -0.15) is 0 Å². The Bertz CT molecular complexity index is 219. The van der Waals surface area contributed by atoms with Crippen LogP contribution in [-0.2, 0) is 0 Å². The highest BCUT2D eigenvalue weighted by Crippen LogP contribution is 2.34. The van der Waals surface area contributed by atoms with Crippen LogP contribution in [0.2, 0.25) is 0 Å². The van der Waals surface area contributed by atoms with Crippen molar-refractivity contribution >= 4 is 0 Å². The third-order valence-corrected chi connectivity index (χ3v) is 4.90. The molecule has 2 saturated carbocycles. The van der Waals surface area contributed by atoms with Gasteiger partial charge in [0, 0.05) is 18.1 Å². The van der Waals surface area contributed by atoms with E-state index < -0.39 is 0 Å². The van der Waals surface area contributed by atoms with Crippen LogP contribution < -0.4 is 5.32 Å². The Labute approximate surface area is 101 Å². The summed E-state index contributed by atoms with van der Waals surface area (Å²) in [5, 5.41) is 3.83. The second-order valence-electron chi connectivity index (χ2n) is 6.32. The first-order valence-corrected chi connectivity index (χ1v) is 7.03. The van der Waals surface area contributed by atoms with Crippen molar-refractivity contribution < 1.29 is 0 Å². The molecular formula is C14H28N2. The van der Waals surface area contributed by atoms with Crippen molar-refractivity contribution in [3.63, 3.8) is 0 Å². The molecule has 94 valence electrons. The smallest absolute Gasteiger partial charge is 0.0327 e. The summed E-state index contributed by atoms with van der Waals surface area (Å²) in [6, 6.07) is 0.799. The molecule has 0 bridgehead atoms. The monoisotopic (exact) mass is 224 g/mol. The molecule has 0 amide bonds. The van der Waals surface area contributed by atoms with Gasteiger partial charge in [-0.3, -0.25) is 0 Å². The van der Waals surface area contributed by atoms with E-state index in [9.17, 15) is 0 Å². The number of nitrogens with zero attached hydrogens (tertiary/aromatic N) is 1. The molecule has 0 aromatic heterocycles. The van der Waals surface area contributed by atoms with Crippen LogP contribution in [0.5, 0.6) is 0 Å². The van der Waals surface area contributed by atoms with Gasteiger partial charge in [0.1, 0.15) is 0 Å². The molecule has 0 spiro atoms. The maximum Gasteiger partial charge on any atom is 0.0327 e. The number of nitrogens with one attached hydrogen (secondary N) is 1. The summed E-state index contributed by atoms with van der Waals surface area (Å²) in [6.45, 7) is 3.59. The Morgan fingerprint density at radius 3 is 2.38 bits per heavy atom. The van der Waals surface area contributed by atoms with Gasteiger partial charge in [0.2, 0.25) is 0 Å². The number of likely N-dealkylation sites (N-methyl/N-ethyl adjacent to an activating group) is 1. The lowest BCUT2D eigenvalue weighted by Crippen LogP contribution is -2.51. The fourth-order valence-corrected chi connectivity index (χ4v) is 3.54. The summed E-state index contributed by atoms with van der Waals surface area (Å²) in [5.41, 5.74) is 0.464. The molecule has 2 heteroatoms. The standard InChI is InChI=1S/C14H28N2/c1-12-6-7-13(10-12)15-11-14(16(2)3)8-4-5-9-14/h12-13,15H,4-11H2,1-3H3. The molecule has 2 aliphatic rings. The van der Waals surface area contributed by atoms with Crippen molar-refractivity contribution in [2.24, 2.45) is 5.92 Å². The fraction of sp³-hybridized carbons (Fsp3) is 1.00. The molecule has 0 heterocycles. The molecule has 2 rings (SSSR count). The van der Waals surface area contributed by atoms with Crippen molar-refractivity contribution in [3.05, 3.63) is 0 Å².